The van der Waals surface area contributed by atoms with Crippen LogP contribution in [0.1, 0.15) is 11.1 Å². The molecule has 1 heterocycles. The van der Waals surface area contributed by atoms with Gasteiger partial charge in [0.05, 0.1) is 17.7 Å². The van der Waals surface area contributed by atoms with Gasteiger partial charge in [-0.25, -0.2) is 9.18 Å². The average molecular weight is 425 g/mol. The molecule has 0 unspecified atom stereocenters. The van der Waals surface area contributed by atoms with Gasteiger partial charge in [0.25, 0.3) is 0 Å². The molecular weight excluding hydrogens is 407 g/mol. The minimum absolute atomic E-state index is 0.186. The molecule has 0 aliphatic carbocycles. The van der Waals surface area contributed by atoms with Crippen molar-refractivity contribution < 1.29 is 18.3 Å². The molecule has 0 fully saturated rings. The van der Waals surface area contributed by atoms with Gasteiger partial charge < -0.3 is 13.9 Å². The van der Waals surface area contributed by atoms with E-state index in [2.05, 4.69) is 0 Å². The molecule has 1 aromatic heterocycles. The van der Waals surface area contributed by atoms with Gasteiger partial charge in [0.1, 0.15) is 29.5 Å². The third-order valence-corrected chi connectivity index (χ3v) is 5.28. The SMILES string of the molecule is COc1ccc(-c2c(C)c3cc(OCc4ccc(F)cc4Cl)ccc3oc2=O)cc1. The van der Waals surface area contributed by atoms with Crippen molar-refractivity contribution in [1.29, 1.82) is 0 Å². The third-order valence-electron chi connectivity index (χ3n) is 4.92. The largest absolute Gasteiger partial charge is 0.497 e. The van der Waals surface area contributed by atoms with Crippen LogP contribution in [0.2, 0.25) is 5.02 Å². The second-order valence-electron chi connectivity index (χ2n) is 6.80. The molecule has 4 nitrogen and oxygen atoms in total. The summed E-state index contributed by atoms with van der Waals surface area (Å²) in [5.74, 6) is 0.892. The molecule has 0 amide bonds. The van der Waals surface area contributed by atoms with Gasteiger partial charge in [-0.05, 0) is 60.5 Å². The van der Waals surface area contributed by atoms with Crippen molar-refractivity contribution >= 4 is 22.6 Å². The quantitative estimate of drug-likeness (QED) is 0.360. The highest BCUT2D eigenvalue weighted by Crippen LogP contribution is 2.30. The normalized spacial score (nSPS) is 10.9. The Bertz CT molecular complexity index is 1280. The molecule has 3 aromatic carbocycles. The lowest BCUT2D eigenvalue weighted by Crippen LogP contribution is -2.06. The van der Waals surface area contributed by atoms with Crippen LogP contribution >= 0.6 is 11.6 Å². The van der Waals surface area contributed by atoms with Crippen molar-refractivity contribution in [3.05, 3.63) is 93.1 Å². The molecule has 4 rings (SSSR count). The molecule has 0 aliphatic rings. The van der Waals surface area contributed by atoms with Gasteiger partial charge in [0.2, 0.25) is 0 Å². The molecule has 0 atom stereocenters. The Labute approximate surface area is 177 Å². The van der Waals surface area contributed by atoms with E-state index in [4.69, 9.17) is 25.5 Å². The Morgan fingerprint density at radius 2 is 1.73 bits per heavy atom. The lowest BCUT2D eigenvalue weighted by molar-refractivity contribution is 0.306. The predicted octanol–water partition coefficient (Wildman–Crippen LogP) is 6.15. The molecule has 0 saturated carbocycles. The first kappa shape index (κ1) is 20.0. The minimum atomic E-state index is -0.406. The van der Waals surface area contributed by atoms with Crippen molar-refractivity contribution in [1.82, 2.24) is 0 Å². The zero-order chi connectivity index (χ0) is 21.3. The summed E-state index contributed by atoms with van der Waals surface area (Å²) in [6, 6.07) is 16.6. The van der Waals surface area contributed by atoms with Crippen LogP contribution in [0.3, 0.4) is 0 Å². The van der Waals surface area contributed by atoms with Crippen molar-refractivity contribution in [2.45, 2.75) is 13.5 Å². The predicted molar refractivity (Wildman–Crippen MR) is 115 cm³/mol. The summed E-state index contributed by atoms with van der Waals surface area (Å²) in [7, 11) is 1.59. The highest BCUT2D eigenvalue weighted by atomic mass is 35.5. The molecule has 6 heteroatoms. The van der Waals surface area contributed by atoms with Gasteiger partial charge in [0.15, 0.2) is 0 Å². The van der Waals surface area contributed by atoms with Crippen LogP contribution in [0.15, 0.2) is 69.9 Å². The Hall–Kier alpha value is -3.31. The zero-order valence-electron chi connectivity index (χ0n) is 16.4. The van der Waals surface area contributed by atoms with E-state index < -0.39 is 11.4 Å². The molecule has 0 aliphatic heterocycles. The first-order valence-corrected chi connectivity index (χ1v) is 9.62. The maximum atomic E-state index is 13.2. The lowest BCUT2D eigenvalue weighted by Gasteiger charge is -2.11. The summed E-state index contributed by atoms with van der Waals surface area (Å²) in [5, 5.41) is 1.07. The monoisotopic (exact) mass is 424 g/mol. The molecule has 0 bridgehead atoms. The molecule has 30 heavy (non-hydrogen) atoms. The highest BCUT2D eigenvalue weighted by Gasteiger charge is 2.14. The fraction of sp³-hybridized carbons (Fsp3) is 0.125. The first-order chi connectivity index (χ1) is 14.5. The topological polar surface area (TPSA) is 48.7 Å². The Balaban J connectivity index is 1.69. The second kappa shape index (κ2) is 8.20. The number of fused-ring (bicyclic) bond motifs is 1. The number of aryl methyl sites for hydroxylation is 1. The number of halogens is 2. The molecule has 152 valence electrons. The Morgan fingerprint density at radius 1 is 1.00 bits per heavy atom. The maximum absolute atomic E-state index is 13.2. The van der Waals surface area contributed by atoms with E-state index in [1.165, 1.54) is 12.1 Å². The van der Waals surface area contributed by atoms with Crippen LogP contribution in [0.5, 0.6) is 11.5 Å². The Morgan fingerprint density at radius 3 is 2.43 bits per heavy atom. The van der Waals surface area contributed by atoms with Crippen molar-refractivity contribution in [3.8, 4) is 22.6 Å². The van der Waals surface area contributed by atoms with Crippen LogP contribution in [-0.4, -0.2) is 7.11 Å². The standard InChI is InChI=1S/C24H18ClFO4/c1-14-20-12-19(29-13-16-3-6-17(26)11-21(16)25)9-10-22(20)30-24(27)23(14)15-4-7-18(28-2)8-5-15/h3-12H,13H2,1-2H3. The van der Waals surface area contributed by atoms with Gasteiger partial charge in [0, 0.05) is 10.9 Å². The van der Waals surface area contributed by atoms with E-state index in [9.17, 15) is 9.18 Å². The summed E-state index contributed by atoms with van der Waals surface area (Å²) in [6.07, 6.45) is 0. The maximum Gasteiger partial charge on any atom is 0.344 e. The molecule has 4 aromatic rings. The number of methoxy groups -OCH3 is 1. The van der Waals surface area contributed by atoms with Crippen LogP contribution in [-0.2, 0) is 6.61 Å². The number of rotatable bonds is 5. The number of ether oxygens (including phenoxy) is 2. The first-order valence-electron chi connectivity index (χ1n) is 9.25. The summed E-state index contributed by atoms with van der Waals surface area (Å²) in [4.78, 5) is 12.6. The van der Waals surface area contributed by atoms with Gasteiger partial charge in [-0.2, -0.15) is 0 Å². The summed E-state index contributed by atoms with van der Waals surface area (Å²) < 4.78 is 29.8. The van der Waals surface area contributed by atoms with Crippen molar-refractivity contribution in [2.24, 2.45) is 0 Å². The molecule has 0 N–H and O–H groups in total. The zero-order valence-corrected chi connectivity index (χ0v) is 17.1. The lowest BCUT2D eigenvalue weighted by atomic mass is 9.99. The summed E-state index contributed by atoms with van der Waals surface area (Å²) in [5.41, 5.74) is 2.76. The molecule has 0 saturated heterocycles. The summed E-state index contributed by atoms with van der Waals surface area (Å²) in [6.45, 7) is 2.06. The van der Waals surface area contributed by atoms with Gasteiger partial charge >= 0.3 is 5.63 Å². The molecule has 0 spiro atoms. The van der Waals surface area contributed by atoms with E-state index in [-0.39, 0.29) is 6.61 Å². The summed E-state index contributed by atoms with van der Waals surface area (Å²) >= 11 is 6.06. The fourth-order valence-electron chi connectivity index (χ4n) is 3.31. The number of hydrogen-bond acceptors (Lipinski definition) is 4. The van der Waals surface area contributed by atoms with Gasteiger partial charge in [-0.1, -0.05) is 29.8 Å². The minimum Gasteiger partial charge on any atom is -0.497 e. The molecular formula is C24H18ClFO4. The molecule has 0 radical (unpaired) electrons. The number of hydrogen-bond donors (Lipinski definition) is 0. The van der Waals surface area contributed by atoms with E-state index in [0.717, 1.165) is 16.5 Å². The van der Waals surface area contributed by atoms with Crippen molar-refractivity contribution in [2.75, 3.05) is 7.11 Å². The highest BCUT2D eigenvalue weighted by molar-refractivity contribution is 6.31. The van der Waals surface area contributed by atoms with E-state index in [1.54, 1.807) is 37.4 Å². The van der Waals surface area contributed by atoms with Gasteiger partial charge in [-0.15, -0.1) is 0 Å². The van der Waals surface area contributed by atoms with Crippen LogP contribution in [0.4, 0.5) is 4.39 Å². The van der Waals surface area contributed by atoms with E-state index >= 15 is 0 Å². The van der Waals surface area contributed by atoms with Crippen LogP contribution in [0, 0.1) is 12.7 Å². The van der Waals surface area contributed by atoms with E-state index in [0.29, 0.717) is 33.2 Å². The average Bonchev–Trinajstić information content (AvgIpc) is 2.74. The number of benzene rings is 3. The smallest absolute Gasteiger partial charge is 0.344 e. The third kappa shape index (κ3) is 3.89. The Kier molecular flexibility index (Phi) is 5.46. The van der Waals surface area contributed by atoms with E-state index in [1.807, 2.05) is 25.1 Å². The van der Waals surface area contributed by atoms with Crippen molar-refractivity contribution in [3.63, 3.8) is 0 Å². The second-order valence-corrected chi connectivity index (χ2v) is 7.21. The van der Waals surface area contributed by atoms with Gasteiger partial charge in [-0.3, -0.25) is 0 Å². The van der Waals surface area contributed by atoms with Crippen LogP contribution in [0.25, 0.3) is 22.1 Å². The fourth-order valence-corrected chi connectivity index (χ4v) is 3.53. The van der Waals surface area contributed by atoms with Crippen LogP contribution < -0.4 is 15.1 Å².